The van der Waals surface area contributed by atoms with Crippen LogP contribution in [0.1, 0.15) is 10.4 Å². The van der Waals surface area contributed by atoms with E-state index in [1.54, 1.807) is 18.2 Å². The normalized spacial score (nSPS) is 10.6. The minimum absolute atomic E-state index is 0.445. The summed E-state index contributed by atoms with van der Waals surface area (Å²) in [4.78, 5) is 19.3. The van der Waals surface area contributed by atoms with Gasteiger partial charge in [-0.2, -0.15) is 0 Å². The Kier molecular flexibility index (Phi) is 3.98. The fourth-order valence-corrected chi connectivity index (χ4v) is 2.57. The molecule has 104 valence electrons. The van der Waals surface area contributed by atoms with Crippen molar-refractivity contribution in [2.24, 2.45) is 0 Å². The average Bonchev–Trinajstić information content (AvgIpc) is 2.50. The summed E-state index contributed by atoms with van der Waals surface area (Å²) in [5.41, 5.74) is 1.31. The maximum Gasteiger partial charge on any atom is 0.230 e. The van der Waals surface area contributed by atoms with Crippen LogP contribution in [0, 0.1) is 0 Å². The highest BCUT2D eigenvalue weighted by molar-refractivity contribution is 9.10. The van der Waals surface area contributed by atoms with Crippen molar-refractivity contribution in [2.75, 3.05) is 0 Å². The van der Waals surface area contributed by atoms with E-state index in [4.69, 9.17) is 4.74 Å². The molecule has 0 aliphatic carbocycles. The molecule has 1 aromatic heterocycles. The molecule has 0 saturated heterocycles. The zero-order valence-electron chi connectivity index (χ0n) is 10.6. The van der Waals surface area contributed by atoms with Gasteiger partial charge in [0.25, 0.3) is 0 Å². The van der Waals surface area contributed by atoms with E-state index in [-0.39, 0.29) is 0 Å². The minimum atomic E-state index is 0.445. The monoisotopic (exact) mass is 406 g/mol. The number of fused-ring (bicyclic) bond motifs is 1. The van der Waals surface area contributed by atoms with E-state index in [2.05, 4.69) is 41.8 Å². The van der Waals surface area contributed by atoms with Crippen molar-refractivity contribution in [3.8, 4) is 11.6 Å². The maximum atomic E-state index is 11.0. The van der Waals surface area contributed by atoms with Gasteiger partial charge in [-0.25, -0.2) is 9.97 Å². The molecule has 0 bridgehead atoms. The number of hydrogen-bond donors (Lipinski definition) is 0. The first kappa shape index (κ1) is 14.2. The van der Waals surface area contributed by atoms with Crippen LogP contribution < -0.4 is 4.74 Å². The topological polar surface area (TPSA) is 52.1 Å². The molecular formula is C15H8Br2N2O2. The van der Waals surface area contributed by atoms with Gasteiger partial charge >= 0.3 is 0 Å². The second-order valence-corrected chi connectivity index (χ2v) is 6.01. The molecule has 0 amide bonds. The molecule has 6 heteroatoms. The lowest BCUT2D eigenvalue weighted by molar-refractivity contribution is 0.112. The molecule has 0 unspecified atom stereocenters. The van der Waals surface area contributed by atoms with Crippen LogP contribution >= 0.6 is 31.9 Å². The Morgan fingerprint density at radius 2 is 1.90 bits per heavy atom. The lowest BCUT2D eigenvalue weighted by Gasteiger charge is -2.08. The van der Waals surface area contributed by atoms with Gasteiger partial charge in [-0.05, 0) is 36.4 Å². The summed E-state index contributed by atoms with van der Waals surface area (Å²) in [6, 6.07) is 10.9. The number of carbonyl (C=O) groups is 1. The van der Waals surface area contributed by atoms with Gasteiger partial charge in [-0.15, -0.1) is 0 Å². The average molecular weight is 408 g/mol. The third-order valence-corrected chi connectivity index (χ3v) is 4.09. The van der Waals surface area contributed by atoms with E-state index in [0.29, 0.717) is 17.2 Å². The van der Waals surface area contributed by atoms with Crippen LogP contribution in [0.3, 0.4) is 0 Å². The van der Waals surface area contributed by atoms with Crippen molar-refractivity contribution in [2.45, 2.75) is 0 Å². The van der Waals surface area contributed by atoms with E-state index < -0.39 is 0 Å². The molecule has 0 fully saturated rings. The summed E-state index contributed by atoms with van der Waals surface area (Å²) in [5.74, 6) is 0.987. The summed E-state index contributed by atoms with van der Waals surface area (Å²) in [7, 11) is 0. The molecular weight excluding hydrogens is 400 g/mol. The Balaban J connectivity index is 2.05. The fraction of sp³-hybridized carbons (Fsp3) is 0. The van der Waals surface area contributed by atoms with Gasteiger partial charge in [0.15, 0.2) is 6.29 Å². The predicted octanol–water partition coefficient (Wildman–Crippen LogP) is 4.76. The first-order valence-corrected chi connectivity index (χ1v) is 7.59. The molecule has 0 spiro atoms. The molecule has 0 atom stereocenters. The summed E-state index contributed by atoms with van der Waals surface area (Å²) < 4.78 is 7.43. The number of ether oxygens (including phenoxy) is 1. The van der Waals surface area contributed by atoms with Crippen molar-refractivity contribution in [1.29, 1.82) is 0 Å². The Morgan fingerprint density at radius 1 is 1.05 bits per heavy atom. The Labute approximate surface area is 137 Å². The number of halogens is 2. The van der Waals surface area contributed by atoms with Crippen molar-refractivity contribution in [1.82, 2.24) is 9.97 Å². The van der Waals surface area contributed by atoms with Crippen LogP contribution in [-0.4, -0.2) is 16.3 Å². The number of aldehydes is 1. The van der Waals surface area contributed by atoms with Crippen LogP contribution in [-0.2, 0) is 0 Å². The predicted molar refractivity (Wildman–Crippen MR) is 86.8 cm³/mol. The Morgan fingerprint density at radius 3 is 2.71 bits per heavy atom. The molecule has 0 saturated carbocycles. The van der Waals surface area contributed by atoms with Crippen molar-refractivity contribution < 1.29 is 9.53 Å². The van der Waals surface area contributed by atoms with Gasteiger partial charge in [-0.3, -0.25) is 4.79 Å². The van der Waals surface area contributed by atoms with E-state index in [0.717, 1.165) is 26.1 Å². The van der Waals surface area contributed by atoms with Crippen molar-refractivity contribution in [3.63, 3.8) is 0 Å². The smallest absolute Gasteiger partial charge is 0.230 e. The van der Waals surface area contributed by atoms with Crippen molar-refractivity contribution in [3.05, 3.63) is 57.2 Å². The lowest BCUT2D eigenvalue weighted by Crippen LogP contribution is -1.92. The van der Waals surface area contributed by atoms with E-state index in [1.807, 2.05) is 18.2 Å². The molecule has 3 aromatic rings. The second kappa shape index (κ2) is 5.91. The third-order valence-electron chi connectivity index (χ3n) is 2.87. The van der Waals surface area contributed by atoms with E-state index >= 15 is 0 Å². The Hall–Kier alpha value is -1.79. The molecule has 0 aliphatic rings. The number of aromatic nitrogens is 2. The zero-order valence-corrected chi connectivity index (χ0v) is 13.8. The van der Waals surface area contributed by atoms with Gasteiger partial charge < -0.3 is 4.74 Å². The molecule has 1 heterocycles. The van der Waals surface area contributed by atoms with E-state index in [1.165, 1.54) is 6.33 Å². The number of nitrogens with zero attached hydrogens (tertiary/aromatic N) is 2. The molecule has 0 radical (unpaired) electrons. The maximum absolute atomic E-state index is 11.0. The summed E-state index contributed by atoms with van der Waals surface area (Å²) >= 11 is 6.73. The molecule has 4 nitrogen and oxygen atoms in total. The van der Waals surface area contributed by atoms with Crippen molar-refractivity contribution >= 4 is 49.0 Å². The van der Waals surface area contributed by atoms with Gasteiger partial charge in [0.05, 0.1) is 10.9 Å². The van der Waals surface area contributed by atoms with Gasteiger partial charge in [0.2, 0.25) is 5.88 Å². The highest BCUT2D eigenvalue weighted by atomic mass is 79.9. The van der Waals surface area contributed by atoms with Gasteiger partial charge in [0.1, 0.15) is 12.1 Å². The van der Waals surface area contributed by atoms with Crippen LogP contribution in [0.15, 0.2) is 51.7 Å². The summed E-state index contributed by atoms with van der Waals surface area (Å²) in [5, 5.41) is 0.794. The Bertz CT molecular complexity index is 837. The summed E-state index contributed by atoms with van der Waals surface area (Å²) in [6.07, 6.45) is 2.22. The van der Waals surface area contributed by atoms with E-state index in [9.17, 15) is 4.79 Å². The number of carbonyl (C=O) groups excluding carboxylic acids is 1. The molecule has 2 aromatic carbocycles. The van der Waals surface area contributed by atoms with Crippen LogP contribution in [0.5, 0.6) is 11.6 Å². The highest BCUT2D eigenvalue weighted by Crippen LogP contribution is 2.30. The third kappa shape index (κ3) is 2.96. The largest absolute Gasteiger partial charge is 0.438 e. The highest BCUT2D eigenvalue weighted by Gasteiger charge is 2.08. The molecule has 3 rings (SSSR count). The van der Waals surface area contributed by atoms with Gasteiger partial charge in [-0.1, -0.05) is 31.9 Å². The number of rotatable bonds is 3. The van der Waals surface area contributed by atoms with Crippen LogP contribution in [0.4, 0.5) is 0 Å². The molecule has 0 aliphatic heterocycles. The first-order chi connectivity index (χ1) is 10.2. The quantitative estimate of drug-likeness (QED) is 0.587. The SMILES string of the molecule is O=Cc1cc(Oc2ncnc3ccc(Br)cc23)ccc1Br. The van der Waals surface area contributed by atoms with Crippen LogP contribution in [0.2, 0.25) is 0 Å². The molecule has 21 heavy (non-hydrogen) atoms. The number of benzene rings is 2. The fourth-order valence-electron chi connectivity index (χ4n) is 1.87. The lowest BCUT2D eigenvalue weighted by atomic mass is 10.2. The molecule has 0 N–H and O–H groups in total. The standard InChI is InChI=1S/C15H8Br2N2O2/c16-10-1-4-14-12(6-10)15(19-8-18-14)21-11-2-3-13(17)9(5-11)7-20/h1-8H. The zero-order chi connectivity index (χ0) is 14.8. The van der Waals surface area contributed by atoms with Crippen LogP contribution in [0.25, 0.3) is 10.9 Å². The summed E-state index contributed by atoms with van der Waals surface area (Å²) in [6.45, 7) is 0. The minimum Gasteiger partial charge on any atom is -0.438 e. The number of hydrogen-bond acceptors (Lipinski definition) is 4. The second-order valence-electron chi connectivity index (χ2n) is 4.24. The first-order valence-electron chi connectivity index (χ1n) is 6.00. The van der Waals surface area contributed by atoms with Gasteiger partial charge in [0, 0.05) is 14.5 Å².